The van der Waals surface area contributed by atoms with Gasteiger partial charge in [-0.3, -0.25) is 14.4 Å². The van der Waals surface area contributed by atoms with Gasteiger partial charge in [0.15, 0.2) is 0 Å². The van der Waals surface area contributed by atoms with Crippen molar-refractivity contribution in [3.05, 3.63) is 71.3 Å². The molecule has 2 aliphatic rings. The molecule has 1 saturated heterocycles. The van der Waals surface area contributed by atoms with Gasteiger partial charge in [0.2, 0.25) is 11.8 Å². The quantitative estimate of drug-likeness (QED) is 0.675. The minimum atomic E-state index is -0.705. The van der Waals surface area contributed by atoms with Crippen LogP contribution >= 0.6 is 11.8 Å². The molecule has 0 spiro atoms. The van der Waals surface area contributed by atoms with Gasteiger partial charge < -0.3 is 15.5 Å². The van der Waals surface area contributed by atoms with Crippen LogP contribution in [0.5, 0.6) is 0 Å². The van der Waals surface area contributed by atoms with Gasteiger partial charge >= 0.3 is 0 Å². The Balaban J connectivity index is 1.53. The van der Waals surface area contributed by atoms with Crippen LogP contribution in [0.15, 0.2) is 54.6 Å². The molecule has 2 heterocycles. The third-order valence-electron chi connectivity index (χ3n) is 6.45. The number of rotatable bonds is 6. The molecule has 0 bridgehead atoms. The second-order valence-corrected chi connectivity index (χ2v) is 11.4. The van der Waals surface area contributed by atoms with Crippen molar-refractivity contribution in [2.45, 2.75) is 62.9 Å². The Morgan fingerprint density at radius 1 is 0.970 bits per heavy atom. The highest BCUT2D eigenvalue weighted by molar-refractivity contribution is 8.01. The van der Waals surface area contributed by atoms with E-state index in [9.17, 15) is 14.4 Å². The lowest BCUT2D eigenvalue weighted by atomic mass is 9.97. The molecule has 0 saturated carbocycles. The van der Waals surface area contributed by atoms with Crippen LogP contribution in [0.25, 0.3) is 0 Å². The Hall–Kier alpha value is -2.80. The van der Waals surface area contributed by atoms with E-state index in [1.165, 1.54) is 0 Å². The maximum Gasteiger partial charge on any atom is 0.256 e. The Morgan fingerprint density at radius 2 is 1.61 bits per heavy atom. The zero-order chi connectivity index (χ0) is 23.9. The van der Waals surface area contributed by atoms with Crippen molar-refractivity contribution in [1.82, 2.24) is 15.5 Å². The Kier molecular flexibility index (Phi) is 6.27. The van der Waals surface area contributed by atoms with Crippen molar-refractivity contribution >= 4 is 29.5 Å². The van der Waals surface area contributed by atoms with E-state index in [-0.39, 0.29) is 35.1 Å². The smallest absolute Gasteiger partial charge is 0.256 e. The summed E-state index contributed by atoms with van der Waals surface area (Å²) in [5, 5.41) is 5.81. The van der Waals surface area contributed by atoms with Crippen molar-refractivity contribution in [1.29, 1.82) is 0 Å². The molecule has 2 aliphatic heterocycles. The van der Waals surface area contributed by atoms with Crippen molar-refractivity contribution in [3.63, 3.8) is 0 Å². The Morgan fingerprint density at radius 3 is 2.27 bits per heavy atom. The number of nitrogens with zero attached hydrogens (tertiary/aromatic N) is 1. The van der Waals surface area contributed by atoms with Gasteiger partial charge in [-0.05, 0) is 43.9 Å². The topological polar surface area (TPSA) is 78.5 Å². The van der Waals surface area contributed by atoms with Crippen LogP contribution < -0.4 is 10.6 Å². The first kappa shape index (κ1) is 23.4. The average molecular weight is 466 g/mol. The largest absolute Gasteiger partial charge is 0.348 e. The van der Waals surface area contributed by atoms with Gasteiger partial charge in [-0.2, -0.15) is 0 Å². The summed E-state index contributed by atoms with van der Waals surface area (Å²) in [5.41, 5.74) is 2.60. The van der Waals surface area contributed by atoms with Crippen molar-refractivity contribution in [2.24, 2.45) is 5.92 Å². The van der Waals surface area contributed by atoms with Crippen LogP contribution in [0.4, 0.5) is 0 Å². The predicted molar refractivity (Wildman–Crippen MR) is 131 cm³/mol. The number of hydrogen-bond acceptors (Lipinski definition) is 4. The molecule has 1 fully saturated rings. The van der Waals surface area contributed by atoms with Gasteiger partial charge in [0.1, 0.15) is 17.5 Å². The summed E-state index contributed by atoms with van der Waals surface area (Å²) in [7, 11) is 0. The summed E-state index contributed by atoms with van der Waals surface area (Å²) in [6.45, 7) is 9.71. The fraction of sp³-hybridized carbons (Fsp3) is 0.423. The highest BCUT2D eigenvalue weighted by Gasteiger charge is 2.57. The average Bonchev–Trinajstić information content (AvgIpc) is 3.21. The molecule has 6 nitrogen and oxygen atoms in total. The highest BCUT2D eigenvalue weighted by atomic mass is 32.2. The molecule has 0 unspecified atom stereocenters. The van der Waals surface area contributed by atoms with E-state index in [0.717, 1.165) is 11.1 Å². The number of amides is 3. The van der Waals surface area contributed by atoms with Crippen LogP contribution in [-0.2, 0) is 9.59 Å². The molecule has 0 aliphatic carbocycles. The molecule has 3 amide bonds. The molecular formula is C26H31N3O3S. The van der Waals surface area contributed by atoms with Gasteiger partial charge in [0.25, 0.3) is 5.91 Å². The third kappa shape index (κ3) is 4.26. The number of hydrogen-bond donors (Lipinski definition) is 2. The molecular weight excluding hydrogens is 434 g/mol. The van der Waals surface area contributed by atoms with Crippen molar-refractivity contribution in [2.75, 3.05) is 0 Å². The summed E-state index contributed by atoms with van der Waals surface area (Å²) in [5.74, 6) is -0.767. The lowest BCUT2D eigenvalue weighted by molar-refractivity contribution is -0.133. The van der Waals surface area contributed by atoms with Crippen LogP contribution in [0.3, 0.4) is 0 Å². The fourth-order valence-electron chi connectivity index (χ4n) is 4.70. The van der Waals surface area contributed by atoms with Gasteiger partial charge in [-0.25, -0.2) is 0 Å². The molecule has 0 radical (unpaired) electrons. The summed E-state index contributed by atoms with van der Waals surface area (Å²) < 4.78 is -0.493. The third-order valence-corrected chi connectivity index (χ3v) is 7.99. The SMILES string of the molecule is CC(C)[C@H](NC(=O)[C@@H]1N2C(=O)c3ccccc3[C@H]2SC1(C)C)C(=O)N[C@@H](C)c1ccccc1. The molecule has 7 heteroatoms. The van der Waals surface area contributed by atoms with Crippen LogP contribution in [0, 0.1) is 5.92 Å². The molecule has 0 aromatic heterocycles. The van der Waals surface area contributed by atoms with Gasteiger partial charge in [0, 0.05) is 10.3 Å². The molecule has 4 atom stereocenters. The van der Waals surface area contributed by atoms with Crippen LogP contribution in [-0.4, -0.2) is 39.5 Å². The predicted octanol–water partition coefficient (Wildman–Crippen LogP) is 4.05. The van der Waals surface area contributed by atoms with Gasteiger partial charge in [-0.15, -0.1) is 11.8 Å². The zero-order valence-corrected chi connectivity index (χ0v) is 20.5. The summed E-state index contributed by atoms with van der Waals surface area (Å²) >= 11 is 1.62. The van der Waals surface area contributed by atoms with Crippen LogP contribution in [0.1, 0.15) is 67.5 Å². The minimum Gasteiger partial charge on any atom is -0.348 e. The summed E-state index contributed by atoms with van der Waals surface area (Å²) in [4.78, 5) is 41.6. The van der Waals surface area contributed by atoms with E-state index in [1.54, 1.807) is 16.7 Å². The molecule has 33 heavy (non-hydrogen) atoms. The lowest BCUT2D eigenvalue weighted by Crippen LogP contribution is -2.58. The second-order valence-electron chi connectivity index (χ2n) is 9.65. The number of thioether (sulfide) groups is 1. The molecule has 2 N–H and O–H groups in total. The first-order valence-electron chi connectivity index (χ1n) is 11.4. The van der Waals surface area contributed by atoms with Gasteiger partial charge in [0.05, 0.1) is 6.04 Å². The second kappa shape index (κ2) is 8.86. The maximum atomic E-state index is 13.6. The fourth-order valence-corrected chi connectivity index (χ4v) is 6.29. The maximum absolute atomic E-state index is 13.6. The zero-order valence-electron chi connectivity index (χ0n) is 19.7. The first-order valence-corrected chi connectivity index (χ1v) is 12.2. The van der Waals surface area contributed by atoms with E-state index in [1.807, 2.05) is 89.2 Å². The summed E-state index contributed by atoms with van der Waals surface area (Å²) in [6.07, 6.45) is 0. The number of nitrogens with one attached hydrogen (secondary N) is 2. The molecule has 2 aromatic rings. The lowest BCUT2D eigenvalue weighted by Gasteiger charge is -2.32. The van der Waals surface area contributed by atoms with Crippen molar-refractivity contribution in [3.8, 4) is 0 Å². The summed E-state index contributed by atoms with van der Waals surface area (Å²) in [6, 6.07) is 15.7. The van der Waals surface area contributed by atoms with Gasteiger partial charge in [-0.1, -0.05) is 62.4 Å². The number of fused-ring (bicyclic) bond motifs is 3. The van der Waals surface area contributed by atoms with E-state index >= 15 is 0 Å². The number of carbonyl (C=O) groups is 3. The van der Waals surface area contributed by atoms with E-state index in [4.69, 9.17) is 0 Å². The van der Waals surface area contributed by atoms with E-state index in [2.05, 4.69) is 10.6 Å². The normalized spacial score (nSPS) is 22.5. The molecule has 4 rings (SSSR count). The minimum absolute atomic E-state index is 0.114. The monoisotopic (exact) mass is 465 g/mol. The number of carbonyl (C=O) groups excluding carboxylic acids is 3. The van der Waals surface area contributed by atoms with Crippen molar-refractivity contribution < 1.29 is 14.4 Å². The number of benzene rings is 2. The molecule has 174 valence electrons. The van der Waals surface area contributed by atoms with E-state index < -0.39 is 16.8 Å². The van der Waals surface area contributed by atoms with Crippen LogP contribution in [0.2, 0.25) is 0 Å². The first-order chi connectivity index (χ1) is 15.6. The molecule has 2 aromatic carbocycles. The highest BCUT2D eigenvalue weighted by Crippen LogP contribution is 2.56. The standard InChI is InChI=1S/C26H31N3O3S/c1-15(2)20(22(30)27-16(3)17-11-7-6-8-12-17)28-23(31)21-26(4,5)33-25-19-14-10-9-13-18(19)24(32)29(21)25/h6-16,20-21,25H,1-5H3,(H,27,30)(H,28,31)/t16-,20-,21-,25+/m0/s1. The Bertz CT molecular complexity index is 1070. The Labute approximate surface area is 199 Å². The van der Waals surface area contributed by atoms with E-state index in [0.29, 0.717) is 5.56 Å².